The van der Waals surface area contributed by atoms with Crippen molar-refractivity contribution in [1.82, 2.24) is 0 Å². The van der Waals surface area contributed by atoms with E-state index >= 15 is 0 Å². The summed E-state index contributed by atoms with van der Waals surface area (Å²) in [7, 11) is 1.57. The van der Waals surface area contributed by atoms with E-state index in [1.165, 1.54) is 0 Å². The number of ether oxygens (including phenoxy) is 2. The Kier molecular flexibility index (Phi) is 5.88. The summed E-state index contributed by atoms with van der Waals surface area (Å²) in [5.41, 5.74) is 1.24. The van der Waals surface area contributed by atoms with Crippen LogP contribution < -0.4 is 9.47 Å². The first-order chi connectivity index (χ1) is 11.0. The Morgan fingerprint density at radius 1 is 1.30 bits per heavy atom. The summed E-state index contributed by atoms with van der Waals surface area (Å²) < 4.78 is 11.2. The summed E-state index contributed by atoms with van der Waals surface area (Å²) in [5.74, 6) is 1.21. The van der Waals surface area contributed by atoms with E-state index in [-0.39, 0.29) is 11.9 Å². The highest BCUT2D eigenvalue weighted by atomic mass is 35.5. The highest BCUT2D eigenvalue weighted by molar-refractivity contribution is 6.32. The van der Waals surface area contributed by atoms with Gasteiger partial charge < -0.3 is 14.6 Å². The molecule has 2 aromatic carbocycles. The lowest BCUT2D eigenvalue weighted by atomic mass is 10.2. The summed E-state index contributed by atoms with van der Waals surface area (Å²) in [6, 6.07) is 10.4. The van der Waals surface area contributed by atoms with E-state index in [1.807, 2.05) is 19.9 Å². The summed E-state index contributed by atoms with van der Waals surface area (Å²) in [6.45, 7) is 4.02. The molecule has 1 N–H and O–H groups in total. The van der Waals surface area contributed by atoms with E-state index in [9.17, 15) is 5.11 Å². The molecule has 23 heavy (non-hydrogen) atoms. The summed E-state index contributed by atoms with van der Waals surface area (Å²) in [5, 5.41) is 10.2. The van der Waals surface area contributed by atoms with E-state index < -0.39 is 0 Å². The first kappa shape index (κ1) is 17.2. The van der Waals surface area contributed by atoms with Gasteiger partial charge in [-0.25, -0.2) is 0 Å². The van der Waals surface area contributed by atoms with Crippen molar-refractivity contribution in [3.05, 3.63) is 47.0 Å². The smallest absolute Gasteiger partial charge is 0.180 e. The molecule has 0 aromatic heterocycles. The Morgan fingerprint density at radius 2 is 2.04 bits per heavy atom. The van der Waals surface area contributed by atoms with E-state index in [2.05, 4.69) is 4.99 Å². The first-order valence-electron chi connectivity index (χ1n) is 7.41. The predicted octanol–water partition coefficient (Wildman–Crippen LogP) is 4.98. The molecule has 2 aromatic rings. The van der Waals surface area contributed by atoms with Crippen molar-refractivity contribution in [1.29, 1.82) is 0 Å². The number of benzene rings is 2. The van der Waals surface area contributed by atoms with Crippen molar-refractivity contribution >= 4 is 23.5 Å². The zero-order valence-electron chi connectivity index (χ0n) is 13.4. The van der Waals surface area contributed by atoms with Crippen molar-refractivity contribution in [2.45, 2.75) is 26.4 Å². The van der Waals surface area contributed by atoms with Crippen LogP contribution in [0.2, 0.25) is 5.02 Å². The van der Waals surface area contributed by atoms with Crippen LogP contribution in [0.1, 0.15) is 25.8 Å². The van der Waals surface area contributed by atoms with Crippen LogP contribution in [-0.2, 0) is 0 Å². The van der Waals surface area contributed by atoms with Gasteiger partial charge in [0.05, 0.1) is 18.2 Å². The highest BCUT2D eigenvalue weighted by Gasteiger charge is 2.14. The Hall–Kier alpha value is -2.20. The number of phenolic OH excluding ortho intramolecular Hbond substituents is 1. The van der Waals surface area contributed by atoms with Gasteiger partial charge in [-0.15, -0.1) is 0 Å². The lowest BCUT2D eigenvalue weighted by molar-refractivity contribution is 0.208. The molecule has 0 saturated carbocycles. The fraction of sp³-hybridized carbons (Fsp3) is 0.278. The number of hydrogen-bond acceptors (Lipinski definition) is 4. The van der Waals surface area contributed by atoms with E-state index in [0.717, 1.165) is 12.0 Å². The number of aliphatic imine (C=N–C) groups is 1. The molecular formula is C18H20ClNO3. The second-order valence-electron chi connectivity index (χ2n) is 5.12. The molecule has 5 heteroatoms. The first-order valence-corrected chi connectivity index (χ1v) is 7.79. The molecule has 0 heterocycles. The van der Waals surface area contributed by atoms with E-state index in [4.69, 9.17) is 21.1 Å². The maximum absolute atomic E-state index is 9.73. The molecule has 122 valence electrons. The van der Waals surface area contributed by atoms with Crippen LogP contribution in [0.25, 0.3) is 0 Å². The van der Waals surface area contributed by atoms with E-state index in [1.54, 1.807) is 43.7 Å². The SMILES string of the molecule is CC[C@@H](C)Oc1c(Cl)cc(C=Nc2ccccc2O)cc1OC. The third kappa shape index (κ3) is 4.39. The van der Waals surface area contributed by atoms with Gasteiger partial charge in [-0.3, -0.25) is 4.99 Å². The third-order valence-electron chi connectivity index (χ3n) is 3.38. The highest BCUT2D eigenvalue weighted by Crippen LogP contribution is 2.37. The van der Waals surface area contributed by atoms with Gasteiger partial charge in [0.25, 0.3) is 0 Å². The van der Waals surface area contributed by atoms with Crippen molar-refractivity contribution < 1.29 is 14.6 Å². The minimum atomic E-state index is 0.0437. The molecule has 0 amide bonds. The van der Waals surface area contributed by atoms with Gasteiger partial charge in [-0.2, -0.15) is 0 Å². The standard InChI is InChI=1S/C18H20ClNO3/c1-4-12(2)23-18-14(19)9-13(10-17(18)22-3)11-20-15-7-5-6-8-16(15)21/h5-12,21H,4H2,1-3H3/t12-/m1/s1. The van der Waals surface area contributed by atoms with Crippen LogP contribution in [-0.4, -0.2) is 24.5 Å². The Balaban J connectivity index is 2.31. The van der Waals surface area contributed by atoms with Crippen LogP contribution in [0.15, 0.2) is 41.4 Å². The Labute approximate surface area is 141 Å². The molecule has 0 spiro atoms. The second-order valence-corrected chi connectivity index (χ2v) is 5.52. The maximum atomic E-state index is 9.73. The zero-order valence-corrected chi connectivity index (χ0v) is 14.2. The number of methoxy groups -OCH3 is 1. The molecule has 0 fully saturated rings. The Bertz CT molecular complexity index is 701. The van der Waals surface area contributed by atoms with Gasteiger partial charge in [-0.05, 0) is 43.2 Å². The number of aromatic hydroxyl groups is 1. The molecule has 0 unspecified atom stereocenters. The van der Waals surface area contributed by atoms with Crippen LogP contribution >= 0.6 is 11.6 Å². The molecular weight excluding hydrogens is 314 g/mol. The van der Waals surface area contributed by atoms with Crippen molar-refractivity contribution in [2.75, 3.05) is 7.11 Å². The fourth-order valence-corrected chi connectivity index (χ4v) is 2.19. The molecule has 2 rings (SSSR count). The summed E-state index contributed by atoms with van der Waals surface area (Å²) in [6.07, 6.45) is 2.54. The number of halogens is 1. The molecule has 0 aliphatic rings. The molecule has 0 saturated heterocycles. The number of phenols is 1. The van der Waals surface area contributed by atoms with Crippen LogP contribution in [0.4, 0.5) is 5.69 Å². The quantitative estimate of drug-likeness (QED) is 0.758. The molecule has 1 atom stereocenters. The number of para-hydroxylation sites is 2. The Morgan fingerprint density at radius 3 is 2.70 bits per heavy atom. The van der Waals surface area contributed by atoms with Gasteiger partial charge in [0.2, 0.25) is 0 Å². The summed E-state index contributed by atoms with van der Waals surface area (Å²) >= 11 is 6.31. The van der Waals surface area contributed by atoms with Crippen molar-refractivity contribution in [3.63, 3.8) is 0 Å². The maximum Gasteiger partial charge on any atom is 0.180 e. The lowest BCUT2D eigenvalue weighted by Crippen LogP contribution is -2.11. The number of nitrogens with zero attached hydrogens (tertiary/aromatic N) is 1. The fourth-order valence-electron chi connectivity index (χ4n) is 1.93. The minimum absolute atomic E-state index is 0.0437. The average Bonchev–Trinajstić information content (AvgIpc) is 2.55. The van der Waals surface area contributed by atoms with Crippen LogP contribution in [0, 0.1) is 0 Å². The largest absolute Gasteiger partial charge is 0.506 e. The topological polar surface area (TPSA) is 51.0 Å². The molecule has 0 bridgehead atoms. The molecule has 0 aliphatic carbocycles. The second kappa shape index (κ2) is 7.88. The molecule has 0 aliphatic heterocycles. The molecule has 4 nitrogen and oxygen atoms in total. The van der Waals surface area contributed by atoms with Gasteiger partial charge >= 0.3 is 0 Å². The van der Waals surface area contributed by atoms with E-state index in [0.29, 0.717) is 22.2 Å². The minimum Gasteiger partial charge on any atom is -0.506 e. The number of hydrogen-bond donors (Lipinski definition) is 1. The lowest BCUT2D eigenvalue weighted by Gasteiger charge is -2.17. The van der Waals surface area contributed by atoms with Crippen molar-refractivity contribution in [2.24, 2.45) is 4.99 Å². The monoisotopic (exact) mass is 333 g/mol. The van der Waals surface area contributed by atoms with Gasteiger partial charge in [0.1, 0.15) is 11.4 Å². The predicted molar refractivity (Wildman–Crippen MR) is 93.7 cm³/mol. The summed E-state index contributed by atoms with van der Waals surface area (Å²) in [4.78, 5) is 4.27. The van der Waals surface area contributed by atoms with Crippen molar-refractivity contribution in [3.8, 4) is 17.2 Å². The number of rotatable bonds is 6. The average molecular weight is 334 g/mol. The normalized spacial score (nSPS) is 12.3. The third-order valence-corrected chi connectivity index (χ3v) is 3.66. The van der Waals surface area contributed by atoms with Gasteiger partial charge in [0.15, 0.2) is 11.5 Å². The van der Waals surface area contributed by atoms with Gasteiger partial charge in [0, 0.05) is 6.21 Å². The molecule has 0 radical (unpaired) electrons. The van der Waals surface area contributed by atoms with Gasteiger partial charge in [-0.1, -0.05) is 30.7 Å². The zero-order chi connectivity index (χ0) is 16.8. The van der Waals surface area contributed by atoms with Crippen LogP contribution in [0.5, 0.6) is 17.2 Å². The van der Waals surface area contributed by atoms with Crippen LogP contribution in [0.3, 0.4) is 0 Å².